The molecule has 0 saturated carbocycles. The number of aromatic nitrogens is 1. The van der Waals surface area contributed by atoms with Crippen molar-refractivity contribution in [1.82, 2.24) is 4.98 Å². The van der Waals surface area contributed by atoms with E-state index >= 15 is 0 Å². The SMILES string of the molecule is Cc1ccnc(N2C(=O)c3oc4ccc(Cl)cc4c(=O)c3[C@H]2c2cccc(Cl)c2)c1. The Hall–Kier alpha value is -3.15. The molecule has 7 heteroatoms. The quantitative estimate of drug-likeness (QED) is 0.412. The van der Waals surface area contributed by atoms with E-state index < -0.39 is 11.9 Å². The van der Waals surface area contributed by atoms with Crippen LogP contribution < -0.4 is 10.3 Å². The fourth-order valence-electron chi connectivity index (χ4n) is 3.83. The molecule has 5 rings (SSSR count). The van der Waals surface area contributed by atoms with Crippen LogP contribution in [-0.4, -0.2) is 10.9 Å². The second-order valence-corrected chi connectivity index (χ2v) is 8.01. The summed E-state index contributed by atoms with van der Waals surface area (Å²) in [6.45, 7) is 1.91. The zero-order valence-corrected chi connectivity index (χ0v) is 17.2. The van der Waals surface area contributed by atoms with E-state index in [1.165, 1.54) is 4.90 Å². The normalized spacial score (nSPS) is 15.6. The Morgan fingerprint density at radius 2 is 1.80 bits per heavy atom. The molecule has 2 aromatic carbocycles. The number of carbonyl (C=O) groups is 1. The van der Waals surface area contributed by atoms with Crippen LogP contribution in [0.5, 0.6) is 0 Å². The van der Waals surface area contributed by atoms with Crippen LogP contribution >= 0.6 is 23.2 Å². The number of hydrogen-bond acceptors (Lipinski definition) is 4. The monoisotopic (exact) mass is 436 g/mol. The van der Waals surface area contributed by atoms with Crippen LogP contribution in [0.25, 0.3) is 11.0 Å². The molecule has 1 aliphatic rings. The number of aryl methyl sites for hydroxylation is 1. The molecule has 30 heavy (non-hydrogen) atoms. The van der Waals surface area contributed by atoms with Crippen LogP contribution in [0, 0.1) is 6.92 Å². The molecule has 0 spiro atoms. The van der Waals surface area contributed by atoms with Gasteiger partial charge in [0.2, 0.25) is 5.76 Å². The Morgan fingerprint density at radius 1 is 1.00 bits per heavy atom. The van der Waals surface area contributed by atoms with Crippen LogP contribution in [0.2, 0.25) is 10.0 Å². The van der Waals surface area contributed by atoms with E-state index in [-0.39, 0.29) is 16.8 Å². The third-order valence-corrected chi connectivity index (χ3v) is 5.61. The highest BCUT2D eigenvalue weighted by Gasteiger charge is 2.44. The van der Waals surface area contributed by atoms with Crippen LogP contribution in [-0.2, 0) is 0 Å². The Morgan fingerprint density at radius 3 is 2.57 bits per heavy atom. The topological polar surface area (TPSA) is 63.4 Å². The molecule has 0 fully saturated rings. The fourth-order valence-corrected chi connectivity index (χ4v) is 4.20. The molecule has 0 N–H and O–H groups in total. The number of amides is 1. The van der Waals surface area contributed by atoms with E-state index in [9.17, 15) is 9.59 Å². The Labute approximate surface area is 181 Å². The largest absolute Gasteiger partial charge is 0.450 e. The van der Waals surface area contributed by atoms with Gasteiger partial charge in [-0.2, -0.15) is 0 Å². The van der Waals surface area contributed by atoms with Gasteiger partial charge in [-0.25, -0.2) is 4.98 Å². The fraction of sp³-hybridized carbons (Fsp3) is 0.0870. The third-order valence-electron chi connectivity index (χ3n) is 5.14. The molecule has 148 valence electrons. The highest BCUT2D eigenvalue weighted by Crippen LogP contribution is 2.41. The minimum atomic E-state index is -0.722. The zero-order chi connectivity index (χ0) is 21.0. The molecular formula is C23H14Cl2N2O3. The first-order valence-corrected chi connectivity index (χ1v) is 9.97. The number of benzene rings is 2. The van der Waals surface area contributed by atoms with E-state index in [4.69, 9.17) is 27.6 Å². The van der Waals surface area contributed by atoms with Gasteiger partial charge in [0.25, 0.3) is 5.91 Å². The lowest BCUT2D eigenvalue weighted by molar-refractivity contribution is 0.0970. The second kappa shape index (κ2) is 6.97. The molecule has 3 heterocycles. The number of fused-ring (bicyclic) bond motifs is 2. The smallest absolute Gasteiger partial charge is 0.296 e. The average molecular weight is 437 g/mol. The van der Waals surface area contributed by atoms with Gasteiger partial charge in [0.15, 0.2) is 5.43 Å². The predicted molar refractivity (Wildman–Crippen MR) is 117 cm³/mol. The van der Waals surface area contributed by atoms with Crippen molar-refractivity contribution < 1.29 is 9.21 Å². The van der Waals surface area contributed by atoms with Crippen molar-refractivity contribution in [2.75, 3.05) is 4.90 Å². The van der Waals surface area contributed by atoms with E-state index in [0.29, 0.717) is 32.4 Å². The molecule has 0 radical (unpaired) electrons. The summed E-state index contributed by atoms with van der Waals surface area (Å²) in [5.41, 5.74) is 1.87. The Balaban J connectivity index is 1.84. The lowest BCUT2D eigenvalue weighted by atomic mass is 9.98. The molecule has 1 aliphatic heterocycles. The lowest BCUT2D eigenvalue weighted by Gasteiger charge is -2.24. The van der Waals surface area contributed by atoms with Crippen molar-refractivity contribution in [1.29, 1.82) is 0 Å². The molecule has 1 amide bonds. The van der Waals surface area contributed by atoms with E-state index in [2.05, 4.69) is 4.98 Å². The summed E-state index contributed by atoms with van der Waals surface area (Å²) < 4.78 is 5.91. The molecule has 0 aliphatic carbocycles. The van der Waals surface area contributed by atoms with Gasteiger partial charge < -0.3 is 4.42 Å². The van der Waals surface area contributed by atoms with Crippen LogP contribution in [0.15, 0.2) is 70.0 Å². The van der Waals surface area contributed by atoms with Gasteiger partial charge in [-0.15, -0.1) is 0 Å². The molecule has 2 aromatic heterocycles. The zero-order valence-electron chi connectivity index (χ0n) is 15.7. The van der Waals surface area contributed by atoms with Gasteiger partial charge in [-0.3, -0.25) is 14.5 Å². The van der Waals surface area contributed by atoms with E-state index in [1.807, 2.05) is 19.1 Å². The van der Waals surface area contributed by atoms with Crippen molar-refractivity contribution in [2.45, 2.75) is 13.0 Å². The summed E-state index contributed by atoms with van der Waals surface area (Å²) >= 11 is 12.3. The summed E-state index contributed by atoms with van der Waals surface area (Å²) in [6, 6.07) is 14.7. The number of pyridine rings is 1. The number of rotatable bonds is 2. The predicted octanol–water partition coefficient (Wildman–Crippen LogP) is 5.55. The maximum Gasteiger partial charge on any atom is 0.296 e. The number of anilines is 1. The lowest BCUT2D eigenvalue weighted by Crippen LogP contribution is -2.30. The van der Waals surface area contributed by atoms with Gasteiger partial charge >= 0.3 is 0 Å². The third kappa shape index (κ3) is 2.90. The first-order chi connectivity index (χ1) is 14.4. The molecule has 0 unspecified atom stereocenters. The summed E-state index contributed by atoms with van der Waals surface area (Å²) in [4.78, 5) is 32.8. The number of carbonyl (C=O) groups excluding carboxylic acids is 1. The van der Waals surface area contributed by atoms with Crippen molar-refractivity contribution in [3.8, 4) is 0 Å². The second-order valence-electron chi connectivity index (χ2n) is 7.14. The number of hydrogen-bond donors (Lipinski definition) is 0. The van der Waals surface area contributed by atoms with Gasteiger partial charge in [-0.05, 0) is 60.5 Å². The van der Waals surface area contributed by atoms with Crippen LogP contribution in [0.4, 0.5) is 5.82 Å². The summed E-state index contributed by atoms with van der Waals surface area (Å²) in [5.74, 6) is 0.00277. The van der Waals surface area contributed by atoms with Gasteiger partial charge in [0.1, 0.15) is 11.4 Å². The van der Waals surface area contributed by atoms with Crippen LogP contribution in [0.3, 0.4) is 0 Å². The minimum absolute atomic E-state index is 0.00287. The molecular weight excluding hydrogens is 423 g/mol. The summed E-state index contributed by atoms with van der Waals surface area (Å²) in [5, 5.41) is 1.23. The van der Waals surface area contributed by atoms with E-state index in [0.717, 1.165) is 5.56 Å². The van der Waals surface area contributed by atoms with Crippen molar-refractivity contribution in [3.05, 3.63) is 104 Å². The molecule has 4 aromatic rings. The van der Waals surface area contributed by atoms with Gasteiger partial charge in [-0.1, -0.05) is 35.3 Å². The van der Waals surface area contributed by atoms with Crippen molar-refractivity contribution in [2.24, 2.45) is 0 Å². The highest BCUT2D eigenvalue weighted by molar-refractivity contribution is 6.31. The molecule has 0 bridgehead atoms. The minimum Gasteiger partial charge on any atom is -0.450 e. The molecule has 5 nitrogen and oxygen atoms in total. The molecule has 0 saturated heterocycles. The molecule has 1 atom stereocenters. The summed E-state index contributed by atoms with van der Waals surface area (Å²) in [7, 11) is 0. The number of halogens is 2. The standard InChI is InChI=1S/C23H14Cl2N2O3/c1-12-7-8-26-18(9-12)27-20(13-3-2-4-14(24)10-13)19-21(28)16-11-15(25)5-6-17(16)30-22(19)23(27)29/h2-11,20H,1H3/t20-/m1/s1. The first-order valence-electron chi connectivity index (χ1n) is 9.22. The highest BCUT2D eigenvalue weighted by atomic mass is 35.5. The average Bonchev–Trinajstić information content (AvgIpc) is 3.01. The summed E-state index contributed by atoms with van der Waals surface area (Å²) in [6.07, 6.45) is 1.63. The van der Waals surface area contributed by atoms with Gasteiger partial charge in [0, 0.05) is 16.2 Å². The first kappa shape index (κ1) is 18.9. The van der Waals surface area contributed by atoms with Crippen LogP contribution in [0.1, 0.15) is 33.3 Å². The number of nitrogens with zero attached hydrogens (tertiary/aromatic N) is 2. The Bertz CT molecular complexity index is 1400. The Kier molecular flexibility index (Phi) is 4.38. The van der Waals surface area contributed by atoms with Crippen molar-refractivity contribution >= 4 is 45.9 Å². The van der Waals surface area contributed by atoms with Gasteiger partial charge in [0.05, 0.1) is 17.0 Å². The van der Waals surface area contributed by atoms with E-state index in [1.54, 1.807) is 48.7 Å². The maximum absolute atomic E-state index is 13.5. The maximum atomic E-state index is 13.5. The van der Waals surface area contributed by atoms with Crippen molar-refractivity contribution in [3.63, 3.8) is 0 Å².